The van der Waals surface area contributed by atoms with E-state index >= 15 is 0 Å². The first-order valence-electron chi connectivity index (χ1n) is 11.2. The minimum atomic E-state index is -0.174. The maximum absolute atomic E-state index is 13.7. The summed E-state index contributed by atoms with van der Waals surface area (Å²) in [5, 5.41) is 1.02. The van der Waals surface area contributed by atoms with Crippen LogP contribution in [-0.4, -0.2) is 48.6 Å². The molecule has 0 radical (unpaired) electrons. The first-order chi connectivity index (χ1) is 15.2. The largest absolute Gasteiger partial charge is 0.482 e. The molecule has 3 heterocycles. The van der Waals surface area contributed by atoms with Crippen LogP contribution < -0.4 is 9.64 Å². The van der Waals surface area contributed by atoms with Crippen LogP contribution in [0.25, 0.3) is 10.9 Å². The number of nitrogens with zero attached hydrogens (tertiary/aromatic N) is 2. The fraction of sp³-hybridized carbons (Fsp3) is 0.400. The summed E-state index contributed by atoms with van der Waals surface area (Å²) in [5.74, 6) is 1.14. The zero-order valence-electron chi connectivity index (χ0n) is 18.1. The molecule has 0 saturated carbocycles. The van der Waals surface area contributed by atoms with Crippen molar-refractivity contribution in [3.05, 3.63) is 60.0 Å². The van der Waals surface area contributed by atoms with Crippen LogP contribution in [0.4, 0.5) is 10.1 Å². The SMILES string of the molecule is Cl.O=C1COc2ccccc2N1CCCCN1CCC(c2c[nH]c3ccc(F)cc23)CC1. The molecule has 2 aliphatic heterocycles. The Kier molecular flexibility index (Phi) is 7.01. The van der Waals surface area contributed by atoms with E-state index in [0.717, 1.165) is 74.2 Å². The number of unbranched alkanes of at least 4 members (excludes halogenated alkanes) is 1. The Morgan fingerprint density at radius 2 is 1.84 bits per heavy atom. The molecule has 32 heavy (non-hydrogen) atoms. The average Bonchev–Trinajstić information content (AvgIpc) is 3.21. The van der Waals surface area contributed by atoms with E-state index in [9.17, 15) is 9.18 Å². The van der Waals surface area contributed by atoms with E-state index in [1.54, 1.807) is 6.07 Å². The molecule has 0 aliphatic carbocycles. The van der Waals surface area contributed by atoms with Gasteiger partial charge in [0.15, 0.2) is 6.61 Å². The van der Waals surface area contributed by atoms with Crippen LogP contribution in [0.3, 0.4) is 0 Å². The fourth-order valence-electron chi connectivity index (χ4n) is 4.92. The van der Waals surface area contributed by atoms with Gasteiger partial charge in [-0.15, -0.1) is 12.4 Å². The van der Waals surface area contributed by atoms with Gasteiger partial charge in [0.25, 0.3) is 5.91 Å². The van der Waals surface area contributed by atoms with E-state index < -0.39 is 0 Å². The van der Waals surface area contributed by atoms with Crippen molar-refractivity contribution < 1.29 is 13.9 Å². The molecule has 0 unspecified atom stereocenters. The van der Waals surface area contributed by atoms with Gasteiger partial charge in [-0.05, 0) is 87.1 Å². The van der Waals surface area contributed by atoms with Crippen LogP contribution in [0.2, 0.25) is 0 Å². The molecule has 1 amide bonds. The Balaban J connectivity index is 0.00000245. The third-order valence-corrected chi connectivity index (χ3v) is 6.62. The van der Waals surface area contributed by atoms with Gasteiger partial charge < -0.3 is 19.5 Å². The molecule has 5 nitrogen and oxygen atoms in total. The zero-order chi connectivity index (χ0) is 21.2. The summed E-state index contributed by atoms with van der Waals surface area (Å²) in [7, 11) is 0. The number of halogens is 2. The molecule has 0 bridgehead atoms. The Hall–Kier alpha value is -2.57. The number of hydrogen-bond donors (Lipinski definition) is 1. The van der Waals surface area contributed by atoms with E-state index in [4.69, 9.17) is 4.74 Å². The fourth-order valence-corrected chi connectivity index (χ4v) is 4.92. The van der Waals surface area contributed by atoms with Crippen molar-refractivity contribution in [2.24, 2.45) is 0 Å². The van der Waals surface area contributed by atoms with Gasteiger partial charge >= 0.3 is 0 Å². The van der Waals surface area contributed by atoms with Crippen molar-refractivity contribution in [1.82, 2.24) is 9.88 Å². The number of anilines is 1. The smallest absolute Gasteiger partial charge is 0.265 e. The van der Waals surface area contributed by atoms with Gasteiger partial charge in [-0.2, -0.15) is 0 Å². The molecule has 7 heteroatoms. The Labute approximate surface area is 193 Å². The van der Waals surface area contributed by atoms with Crippen molar-refractivity contribution in [3.63, 3.8) is 0 Å². The van der Waals surface area contributed by atoms with Gasteiger partial charge in [0.05, 0.1) is 5.69 Å². The number of aromatic nitrogens is 1. The minimum absolute atomic E-state index is 0. The van der Waals surface area contributed by atoms with E-state index in [-0.39, 0.29) is 30.7 Å². The van der Waals surface area contributed by atoms with Crippen molar-refractivity contribution in [1.29, 1.82) is 0 Å². The molecule has 3 aromatic rings. The third kappa shape index (κ3) is 4.62. The van der Waals surface area contributed by atoms with Crippen LogP contribution in [0.1, 0.15) is 37.2 Å². The molecule has 0 atom stereocenters. The molecule has 170 valence electrons. The van der Waals surface area contributed by atoms with E-state index in [1.807, 2.05) is 35.2 Å². The number of fused-ring (bicyclic) bond motifs is 2. The summed E-state index contributed by atoms with van der Waals surface area (Å²) < 4.78 is 19.2. The summed E-state index contributed by atoms with van der Waals surface area (Å²) in [6.45, 7) is 4.03. The van der Waals surface area contributed by atoms with Crippen molar-refractivity contribution in [2.45, 2.75) is 31.6 Å². The number of benzene rings is 2. The molecular weight excluding hydrogens is 429 g/mol. The van der Waals surface area contributed by atoms with Gasteiger partial charge in [-0.1, -0.05) is 12.1 Å². The number of amides is 1. The van der Waals surface area contributed by atoms with E-state index in [0.29, 0.717) is 5.92 Å². The maximum atomic E-state index is 13.7. The second-order valence-corrected chi connectivity index (χ2v) is 8.56. The molecule has 2 aliphatic rings. The van der Waals surface area contributed by atoms with Crippen molar-refractivity contribution in [3.8, 4) is 5.75 Å². The summed E-state index contributed by atoms with van der Waals surface area (Å²) in [5.41, 5.74) is 3.14. The maximum Gasteiger partial charge on any atom is 0.265 e. The predicted molar refractivity (Wildman–Crippen MR) is 127 cm³/mol. The van der Waals surface area contributed by atoms with Gasteiger partial charge in [0.2, 0.25) is 0 Å². The van der Waals surface area contributed by atoms with Gasteiger partial charge in [0, 0.05) is 23.6 Å². The predicted octanol–water partition coefficient (Wildman–Crippen LogP) is 5.11. The van der Waals surface area contributed by atoms with Crippen LogP contribution in [-0.2, 0) is 4.79 Å². The number of ether oxygens (including phenoxy) is 1. The topological polar surface area (TPSA) is 48.6 Å². The Bertz CT molecular complexity index is 1080. The highest BCUT2D eigenvalue weighted by Crippen LogP contribution is 2.34. The minimum Gasteiger partial charge on any atom is -0.482 e. The monoisotopic (exact) mass is 457 g/mol. The Morgan fingerprint density at radius 1 is 1.06 bits per heavy atom. The van der Waals surface area contributed by atoms with E-state index in [1.165, 1.54) is 11.6 Å². The number of H-pyrrole nitrogens is 1. The number of carbonyl (C=O) groups is 1. The molecule has 0 spiro atoms. The van der Waals surface area contributed by atoms with Gasteiger partial charge in [-0.25, -0.2) is 4.39 Å². The number of para-hydroxylation sites is 2. The first-order valence-corrected chi connectivity index (χ1v) is 11.2. The Morgan fingerprint density at radius 3 is 2.69 bits per heavy atom. The van der Waals surface area contributed by atoms with Crippen LogP contribution in [0, 0.1) is 5.82 Å². The number of nitrogens with one attached hydrogen (secondary N) is 1. The average molecular weight is 458 g/mol. The molecule has 5 rings (SSSR count). The highest BCUT2D eigenvalue weighted by Gasteiger charge is 2.25. The summed E-state index contributed by atoms with van der Waals surface area (Å²) in [6, 6.07) is 12.7. The van der Waals surface area contributed by atoms with Crippen LogP contribution in [0.5, 0.6) is 5.75 Å². The lowest BCUT2D eigenvalue weighted by Crippen LogP contribution is -2.39. The number of rotatable bonds is 6. The number of hydrogen-bond acceptors (Lipinski definition) is 3. The van der Waals surface area contributed by atoms with E-state index in [2.05, 4.69) is 16.1 Å². The lowest BCUT2D eigenvalue weighted by Gasteiger charge is -2.32. The molecule has 1 aromatic heterocycles. The zero-order valence-corrected chi connectivity index (χ0v) is 18.9. The summed E-state index contributed by atoms with van der Waals surface area (Å²) >= 11 is 0. The molecule has 1 fully saturated rings. The lowest BCUT2D eigenvalue weighted by molar-refractivity contribution is -0.121. The highest BCUT2D eigenvalue weighted by atomic mass is 35.5. The second kappa shape index (κ2) is 9.92. The molecular formula is C25H29ClFN3O2. The number of aromatic amines is 1. The van der Waals surface area contributed by atoms with Crippen molar-refractivity contribution in [2.75, 3.05) is 37.7 Å². The van der Waals surface area contributed by atoms with Crippen molar-refractivity contribution >= 4 is 34.9 Å². The second-order valence-electron chi connectivity index (χ2n) is 8.56. The van der Waals surface area contributed by atoms with Crippen LogP contribution >= 0.6 is 12.4 Å². The quantitative estimate of drug-likeness (QED) is 0.523. The number of carbonyl (C=O) groups excluding carboxylic acids is 1. The third-order valence-electron chi connectivity index (χ3n) is 6.62. The normalized spacial score (nSPS) is 17.2. The highest BCUT2D eigenvalue weighted by molar-refractivity contribution is 5.97. The molecule has 1 saturated heterocycles. The number of likely N-dealkylation sites (tertiary alicyclic amines) is 1. The molecule has 1 N–H and O–H groups in total. The standard InChI is InChI=1S/C25H28FN3O2.ClH/c26-19-7-8-22-20(15-19)21(16-27-22)18-9-13-28(14-10-18)11-3-4-12-29-23-5-1-2-6-24(23)31-17-25(29)30;/h1-2,5-8,15-16,18,27H,3-4,9-14,17H2;1H. The van der Waals surface area contributed by atoms with Gasteiger partial charge in [0.1, 0.15) is 11.6 Å². The van der Waals surface area contributed by atoms with Gasteiger partial charge in [-0.3, -0.25) is 4.79 Å². The number of piperidine rings is 1. The molecule has 2 aromatic carbocycles. The van der Waals surface area contributed by atoms with Crippen LogP contribution in [0.15, 0.2) is 48.7 Å². The lowest BCUT2D eigenvalue weighted by atomic mass is 9.89. The first kappa shape index (κ1) is 22.6. The summed E-state index contributed by atoms with van der Waals surface area (Å²) in [6.07, 6.45) is 6.29. The summed E-state index contributed by atoms with van der Waals surface area (Å²) in [4.78, 5) is 19.9.